The summed E-state index contributed by atoms with van der Waals surface area (Å²) in [7, 11) is 3.56. The molecule has 84 valence electrons. The highest BCUT2D eigenvalue weighted by Gasteiger charge is 2.19. The number of hydrogen-bond donors (Lipinski definition) is 1. The number of amides is 1. The van der Waals surface area contributed by atoms with Gasteiger partial charge in [-0.15, -0.1) is 0 Å². The van der Waals surface area contributed by atoms with Gasteiger partial charge in [0.1, 0.15) is 0 Å². The van der Waals surface area contributed by atoms with Crippen molar-refractivity contribution in [3.63, 3.8) is 0 Å². The maximum atomic E-state index is 12.0. The van der Waals surface area contributed by atoms with Crippen LogP contribution in [0.1, 0.15) is 23.0 Å². The first-order valence-electron chi connectivity index (χ1n) is 4.94. The molecule has 1 atom stereocenters. The highest BCUT2D eigenvalue weighted by Crippen LogP contribution is 2.09. The lowest BCUT2D eigenvalue weighted by atomic mass is 10.2. The standard InChI is InChI=1S/C10H18N4O/c1-7(5-11)14(4)10(15)9-6-13(3)12-8(9)2/h6-7H,5,11H2,1-4H3. The third-order valence-corrected chi connectivity index (χ3v) is 2.57. The molecule has 5 nitrogen and oxygen atoms in total. The molecule has 1 unspecified atom stereocenters. The van der Waals surface area contributed by atoms with Gasteiger partial charge in [-0.1, -0.05) is 0 Å². The summed E-state index contributed by atoms with van der Waals surface area (Å²) in [5.74, 6) is -0.0291. The normalized spacial score (nSPS) is 12.6. The number of aryl methyl sites for hydroxylation is 2. The lowest BCUT2D eigenvalue weighted by molar-refractivity contribution is 0.0747. The summed E-state index contributed by atoms with van der Waals surface area (Å²) in [6.45, 7) is 4.21. The van der Waals surface area contributed by atoms with Crippen molar-refractivity contribution in [3.05, 3.63) is 17.5 Å². The summed E-state index contributed by atoms with van der Waals surface area (Å²) >= 11 is 0. The predicted molar refractivity (Wildman–Crippen MR) is 58.6 cm³/mol. The van der Waals surface area contributed by atoms with Crippen LogP contribution < -0.4 is 5.73 Å². The van der Waals surface area contributed by atoms with Crippen LogP contribution >= 0.6 is 0 Å². The molecule has 0 aliphatic heterocycles. The number of rotatable bonds is 3. The number of carbonyl (C=O) groups is 1. The molecule has 0 saturated carbocycles. The first kappa shape index (κ1) is 11.7. The van der Waals surface area contributed by atoms with E-state index < -0.39 is 0 Å². The minimum atomic E-state index is -0.0291. The van der Waals surface area contributed by atoms with Crippen LogP contribution in [0.4, 0.5) is 0 Å². The molecule has 0 aliphatic rings. The van der Waals surface area contributed by atoms with Crippen molar-refractivity contribution in [2.45, 2.75) is 19.9 Å². The summed E-state index contributed by atoms with van der Waals surface area (Å²) in [5.41, 5.74) is 6.91. The van der Waals surface area contributed by atoms with Gasteiger partial charge in [0.05, 0.1) is 11.3 Å². The molecule has 0 spiro atoms. The van der Waals surface area contributed by atoms with Gasteiger partial charge in [-0.05, 0) is 13.8 Å². The van der Waals surface area contributed by atoms with Crippen LogP contribution in [0.2, 0.25) is 0 Å². The largest absolute Gasteiger partial charge is 0.338 e. The summed E-state index contributed by atoms with van der Waals surface area (Å²) in [5, 5.41) is 4.14. The van der Waals surface area contributed by atoms with Crippen LogP contribution in [0.25, 0.3) is 0 Å². The second kappa shape index (κ2) is 4.44. The van der Waals surface area contributed by atoms with E-state index in [4.69, 9.17) is 5.73 Å². The van der Waals surface area contributed by atoms with Crippen LogP contribution in [0, 0.1) is 6.92 Å². The van der Waals surface area contributed by atoms with E-state index in [1.807, 2.05) is 13.8 Å². The van der Waals surface area contributed by atoms with Crippen molar-refractivity contribution in [1.82, 2.24) is 14.7 Å². The lowest BCUT2D eigenvalue weighted by Crippen LogP contribution is -2.39. The Hall–Kier alpha value is -1.36. The average molecular weight is 210 g/mol. The molecule has 1 aromatic heterocycles. The molecular formula is C10H18N4O. The highest BCUT2D eigenvalue weighted by atomic mass is 16.2. The molecule has 0 fully saturated rings. The van der Waals surface area contributed by atoms with Gasteiger partial charge >= 0.3 is 0 Å². The summed E-state index contributed by atoms with van der Waals surface area (Å²) in [6.07, 6.45) is 1.73. The van der Waals surface area contributed by atoms with Crippen molar-refractivity contribution >= 4 is 5.91 Å². The molecule has 1 rings (SSSR count). The fourth-order valence-electron chi connectivity index (χ4n) is 1.36. The van der Waals surface area contributed by atoms with E-state index in [2.05, 4.69) is 5.10 Å². The SMILES string of the molecule is Cc1nn(C)cc1C(=O)N(C)C(C)CN. The number of carbonyl (C=O) groups excluding carboxylic acids is 1. The van der Waals surface area contributed by atoms with E-state index in [-0.39, 0.29) is 11.9 Å². The van der Waals surface area contributed by atoms with Crippen molar-refractivity contribution in [2.75, 3.05) is 13.6 Å². The van der Waals surface area contributed by atoms with Crippen molar-refractivity contribution < 1.29 is 4.79 Å². The van der Waals surface area contributed by atoms with Crippen molar-refractivity contribution in [1.29, 1.82) is 0 Å². The number of nitrogens with zero attached hydrogens (tertiary/aromatic N) is 3. The maximum absolute atomic E-state index is 12.0. The quantitative estimate of drug-likeness (QED) is 0.772. The summed E-state index contributed by atoms with van der Waals surface area (Å²) < 4.78 is 1.64. The van der Waals surface area contributed by atoms with Gasteiger partial charge in [-0.3, -0.25) is 9.48 Å². The minimum Gasteiger partial charge on any atom is -0.338 e. The molecule has 5 heteroatoms. The molecule has 0 aliphatic carbocycles. The van der Waals surface area contributed by atoms with Gasteiger partial charge < -0.3 is 10.6 Å². The van der Waals surface area contributed by atoms with E-state index in [1.54, 1.807) is 29.9 Å². The monoisotopic (exact) mass is 210 g/mol. The fraction of sp³-hybridized carbons (Fsp3) is 0.600. The van der Waals surface area contributed by atoms with Gasteiger partial charge in [-0.2, -0.15) is 5.10 Å². The van der Waals surface area contributed by atoms with Crippen LogP contribution in [-0.2, 0) is 7.05 Å². The summed E-state index contributed by atoms with van der Waals surface area (Å²) in [4.78, 5) is 13.6. The van der Waals surface area contributed by atoms with E-state index in [0.29, 0.717) is 12.1 Å². The van der Waals surface area contributed by atoms with Gasteiger partial charge in [0.2, 0.25) is 0 Å². The molecule has 1 amide bonds. The molecule has 15 heavy (non-hydrogen) atoms. The Morgan fingerprint density at radius 2 is 2.33 bits per heavy atom. The Morgan fingerprint density at radius 1 is 1.73 bits per heavy atom. The van der Waals surface area contributed by atoms with Crippen LogP contribution in [0.5, 0.6) is 0 Å². The van der Waals surface area contributed by atoms with Crippen molar-refractivity contribution in [2.24, 2.45) is 12.8 Å². The number of hydrogen-bond acceptors (Lipinski definition) is 3. The average Bonchev–Trinajstić information content (AvgIpc) is 2.54. The molecule has 1 heterocycles. The van der Waals surface area contributed by atoms with Crippen molar-refractivity contribution in [3.8, 4) is 0 Å². The Bertz CT molecular complexity index is 358. The second-order valence-electron chi connectivity index (χ2n) is 3.80. The van der Waals surface area contributed by atoms with E-state index >= 15 is 0 Å². The maximum Gasteiger partial charge on any atom is 0.257 e. The van der Waals surface area contributed by atoms with E-state index in [1.165, 1.54) is 0 Å². The highest BCUT2D eigenvalue weighted by molar-refractivity contribution is 5.95. The molecular weight excluding hydrogens is 192 g/mol. The number of likely N-dealkylation sites (N-methyl/N-ethyl adjacent to an activating group) is 1. The van der Waals surface area contributed by atoms with Gasteiger partial charge in [0, 0.05) is 32.9 Å². The topological polar surface area (TPSA) is 64.2 Å². The van der Waals surface area contributed by atoms with E-state index in [9.17, 15) is 4.79 Å². The second-order valence-corrected chi connectivity index (χ2v) is 3.80. The summed E-state index contributed by atoms with van der Waals surface area (Å²) in [6, 6.07) is 0.0390. The minimum absolute atomic E-state index is 0.0291. The molecule has 0 aromatic carbocycles. The third-order valence-electron chi connectivity index (χ3n) is 2.57. The zero-order valence-electron chi connectivity index (χ0n) is 9.69. The first-order chi connectivity index (χ1) is 6.97. The Balaban J connectivity index is 2.89. The molecule has 0 radical (unpaired) electrons. The Morgan fingerprint density at radius 3 is 2.73 bits per heavy atom. The zero-order chi connectivity index (χ0) is 11.6. The smallest absolute Gasteiger partial charge is 0.257 e. The third kappa shape index (κ3) is 2.36. The van der Waals surface area contributed by atoms with Gasteiger partial charge in [0.25, 0.3) is 5.91 Å². The van der Waals surface area contributed by atoms with Crippen LogP contribution in [0.15, 0.2) is 6.20 Å². The lowest BCUT2D eigenvalue weighted by Gasteiger charge is -2.23. The molecule has 0 saturated heterocycles. The number of aromatic nitrogens is 2. The number of nitrogens with two attached hydrogens (primary N) is 1. The Labute approximate surface area is 89.9 Å². The van der Waals surface area contributed by atoms with E-state index in [0.717, 1.165) is 5.69 Å². The Kier molecular flexibility index (Phi) is 3.47. The molecule has 2 N–H and O–H groups in total. The molecule has 1 aromatic rings. The predicted octanol–water partition coefficient (Wildman–Crippen LogP) is 0.148. The van der Waals surface area contributed by atoms with Crippen LogP contribution in [0.3, 0.4) is 0 Å². The van der Waals surface area contributed by atoms with Gasteiger partial charge in [-0.25, -0.2) is 0 Å². The zero-order valence-corrected chi connectivity index (χ0v) is 9.69. The van der Waals surface area contributed by atoms with Gasteiger partial charge in [0.15, 0.2) is 0 Å². The first-order valence-corrected chi connectivity index (χ1v) is 4.94. The molecule has 0 bridgehead atoms. The fourth-order valence-corrected chi connectivity index (χ4v) is 1.36. The van der Waals surface area contributed by atoms with Crippen LogP contribution in [-0.4, -0.2) is 40.2 Å².